The second kappa shape index (κ2) is 2.44. The molecule has 1 aromatic rings. The van der Waals surface area contributed by atoms with Crippen LogP contribution in [0.1, 0.15) is 5.69 Å². The second-order valence-corrected chi connectivity index (χ2v) is 2.18. The quantitative estimate of drug-likeness (QED) is 0.462. The Bertz CT molecular complexity index is 234. The van der Waals surface area contributed by atoms with Crippen molar-refractivity contribution in [1.82, 2.24) is 9.78 Å². The van der Waals surface area contributed by atoms with Gasteiger partial charge in [0.05, 0.1) is 0 Å². The first-order chi connectivity index (χ1) is 4.63. The highest BCUT2D eigenvalue weighted by atomic mass is 16.4. The molecule has 0 amide bonds. The number of nitrogens with zero attached hydrogens (tertiary/aromatic N) is 2. The summed E-state index contributed by atoms with van der Waals surface area (Å²) in [5.74, 6) is 0. The van der Waals surface area contributed by atoms with E-state index in [0.29, 0.717) is 5.46 Å². The third-order valence-electron chi connectivity index (χ3n) is 1.55. The van der Waals surface area contributed by atoms with Gasteiger partial charge in [-0.25, -0.2) is 0 Å². The van der Waals surface area contributed by atoms with Crippen LogP contribution < -0.4 is 5.46 Å². The van der Waals surface area contributed by atoms with Crippen molar-refractivity contribution in [3.63, 3.8) is 0 Å². The molecule has 0 saturated heterocycles. The standard InChI is InChI=1S/C5H9BN2O2/c1-4-5(6(9)10)3-7-8(4)2/h3,9-10H,1-2H3. The molecular weight excluding hydrogens is 131 g/mol. The summed E-state index contributed by atoms with van der Waals surface area (Å²) < 4.78 is 1.59. The van der Waals surface area contributed by atoms with E-state index < -0.39 is 7.12 Å². The van der Waals surface area contributed by atoms with Crippen LogP contribution in [0.5, 0.6) is 0 Å². The Morgan fingerprint density at radius 1 is 1.60 bits per heavy atom. The molecule has 0 aliphatic carbocycles. The van der Waals surface area contributed by atoms with Crippen molar-refractivity contribution in [1.29, 1.82) is 0 Å². The van der Waals surface area contributed by atoms with E-state index in [2.05, 4.69) is 5.10 Å². The van der Waals surface area contributed by atoms with Crippen LogP contribution in [0.15, 0.2) is 6.20 Å². The molecule has 0 bridgehead atoms. The molecule has 1 aromatic heterocycles. The zero-order valence-corrected chi connectivity index (χ0v) is 5.94. The maximum absolute atomic E-state index is 8.72. The Hall–Kier alpha value is -0.805. The third-order valence-corrected chi connectivity index (χ3v) is 1.55. The van der Waals surface area contributed by atoms with E-state index >= 15 is 0 Å². The van der Waals surface area contributed by atoms with Gasteiger partial charge < -0.3 is 10.0 Å². The van der Waals surface area contributed by atoms with Crippen LogP contribution in [0, 0.1) is 6.92 Å². The average molecular weight is 140 g/mol. The lowest BCUT2D eigenvalue weighted by Crippen LogP contribution is -2.31. The van der Waals surface area contributed by atoms with E-state index in [1.54, 1.807) is 18.7 Å². The molecule has 5 heteroatoms. The lowest BCUT2D eigenvalue weighted by Gasteiger charge is -1.96. The van der Waals surface area contributed by atoms with Crippen LogP contribution in [0.4, 0.5) is 0 Å². The van der Waals surface area contributed by atoms with Gasteiger partial charge in [-0.1, -0.05) is 0 Å². The van der Waals surface area contributed by atoms with E-state index in [4.69, 9.17) is 10.0 Å². The molecule has 0 spiro atoms. The van der Waals surface area contributed by atoms with Gasteiger partial charge in [0.15, 0.2) is 0 Å². The molecule has 1 rings (SSSR count). The minimum absolute atomic E-state index is 0.461. The van der Waals surface area contributed by atoms with Crippen molar-refractivity contribution in [2.24, 2.45) is 7.05 Å². The van der Waals surface area contributed by atoms with Crippen LogP contribution in [-0.2, 0) is 7.05 Å². The zero-order valence-electron chi connectivity index (χ0n) is 5.94. The monoisotopic (exact) mass is 140 g/mol. The molecule has 2 N–H and O–H groups in total. The summed E-state index contributed by atoms with van der Waals surface area (Å²) in [6, 6.07) is 0. The fraction of sp³-hybridized carbons (Fsp3) is 0.400. The van der Waals surface area contributed by atoms with Gasteiger partial charge >= 0.3 is 7.12 Å². The van der Waals surface area contributed by atoms with Gasteiger partial charge in [0.1, 0.15) is 0 Å². The number of aromatic nitrogens is 2. The first-order valence-corrected chi connectivity index (χ1v) is 2.97. The van der Waals surface area contributed by atoms with Crippen LogP contribution in [0.25, 0.3) is 0 Å². The summed E-state index contributed by atoms with van der Waals surface area (Å²) in [7, 11) is 0.343. The number of hydrogen-bond donors (Lipinski definition) is 2. The van der Waals surface area contributed by atoms with E-state index in [-0.39, 0.29) is 0 Å². The van der Waals surface area contributed by atoms with E-state index in [9.17, 15) is 0 Å². The Morgan fingerprint density at radius 3 is 2.40 bits per heavy atom. The summed E-state index contributed by atoms with van der Waals surface area (Å²) in [6.45, 7) is 1.78. The lowest BCUT2D eigenvalue weighted by atomic mass is 9.81. The van der Waals surface area contributed by atoms with Crippen LogP contribution in [0.2, 0.25) is 0 Å². The molecule has 0 atom stereocenters. The Kier molecular flexibility index (Phi) is 1.78. The van der Waals surface area contributed by atoms with Gasteiger partial charge in [-0.15, -0.1) is 0 Å². The van der Waals surface area contributed by atoms with Crippen molar-refractivity contribution < 1.29 is 10.0 Å². The van der Waals surface area contributed by atoms with Crippen molar-refractivity contribution in [3.05, 3.63) is 11.9 Å². The molecule has 0 fully saturated rings. The van der Waals surface area contributed by atoms with E-state index in [1.807, 2.05) is 0 Å². The second-order valence-electron chi connectivity index (χ2n) is 2.18. The van der Waals surface area contributed by atoms with Gasteiger partial charge in [-0.2, -0.15) is 5.10 Å². The first-order valence-electron chi connectivity index (χ1n) is 2.97. The number of hydrogen-bond acceptors (Lipinski definition) is 3. The highest BCUT2D eigenvalue weighted by molar-refractivity contribution is 6.59. The van der Waals surface area contributed by atoms with E-state index in [1.165, 1.54) is 6.20 Å². The maximum atomic E-state index is 8.72. The van der Waals surface area contributed by atoms with Gasteiger partial charge in [0, 0.05) is 24.4 Å². The van der Waals surface area contributed by atoms with Gasteiger partial charge in [-0.3, -0.25) is 4.68 Å². The Morgan fingerprint density at radius 2 is 2.20 bits per heavy atom. The third kappa shape index (κ3) is 1.05. The Labute approximate surface area is 59.2 Å². The number of rotatable bonds is 1. The highest BCUT2D eigenvalue weighted by Crippen LogP contribution is 1.89. The molecule has 0 aliphatic rings. The summed E-state index contributed by atoms with van der Waals surface area (Å²) >= 11 is 0. The molecule has 54 valence electrons. The van der Waals surface area contributed by atoms with Crippen molar-refractivity contribution in [3.8, 4) is 0 Å². The fourth-order valence-electron chi connectivity index (χ4n) is 0.769. The SMILES string of the molecule is Cc1c(B(O)O)cnn1C. The van der Waals surface area contributed by atoms with Crippen molar-refractivity contribution in [2.45, 2.75) is 6.92 Å². The number of aryl methyl sites for hydroxylation is 1. The minimum atomic E-state index is -1.41. The molecule has 0 aromatic carbocycles. The fourth-order valence-corrected chi connectivity index (χ4v) is 0.769. The molecule has 0 radical (unpaired) electrons. The Balaban J connectivity index is 3.05. The maximum Gasteiger partial charge on any atom is 0.491 e. The summed E-state index contributed by atoms with van der Waals surface area (Å²) in [6.07, 6.45) is 1.44. The predicted octanol–water partition coefficient (Wildman–Crippen LogP) is -1.59. The van der Waals surface area contributed by atoms with Crippen LogP contribution in [0.3, 0.4) is 0 Å². The topological polar surface area (TPSA) is 58.3 Å². The molecule has 0 saturated carbocycles. The average Bonchev–Trinajstić information content (AvgIpc) is 2.14. The predicted molar refractivity (Wildman–Crippen MR) is 37.8 cm³/mol. The van der Waals surface area contributed by atoms with Crippen LogP contribution >= 0.6 is 0 Å². The molecule has 0 unspecified atom stereocenters. The van der Waals surface area contributed by atoms with Gasteiger partial charge in [0.2, 0.25) is 0 Å². The highest BCUT2D eigenvalue weighted by Gasteiger charge is 2.16. The van der Waals surface area contributed by atoms with Gasteiger partial charge in [-0.05, 0) is 6.92 Å². The van der Waals surface area contributed by atoms with Gasteiger partial charge in [0.25, 0.3) is 0 Å². The largest absolute Gasteiger partial charge is 0.491 e. The lowest BCUT2D eigenvalue weighted by molar-refractivity contribution is 0.425. The molecule has 10 heavy (non-hydrogen) atoms. The summed E-state index contributed by atoms with van der Waals surface area (Å²) in [5, 5.41) is 21.3. The molecule has 1 heterocycles. The summed E-state index contributed by atoms with van der Waals surface area (Å²) in [5.41, 5.74) is 1.23. The van der Waals surface area contributed by atoms with Crippen molar-refractivity contribution >= 4 is 12.6 Å². The van der Waals surface area contributed by atoms with Crippen molar-refractivity contribution in [2.75, 3.05) is 0 Å². The van der Waals surface area contributed by atoms with Crippen LogP contribution in [-0.4, -0.2) is 26.9 Å². The molecule has 4 nitrogen and oxygen atoms in total. The molecular formula is C5H9BN2O2. The minimum Gasteiger partial charge on any atom is -0.423 e. The smallest absolute Gasteiger partial charge is 0.423 e. The normalized spacial score (nSPS) is 10.0. The summed E-state index contributed by atoms with van der Waals surface area (Å²) in [4.78, 5) is 0. The van der Waals surface area contributed by atoms with E-state index in [0.717, 1.165) is 5.69 Å². The first kappa shape index (κ1) is 7.30. The zero-order chi connectivity index (χ0) is 7.72. The molecule has 0 aliphatic heterocycles.